The van der Waals surface area contributed by atoms with Gasteiger partial charge in [-0.25, -0.2) is 44.1 Å². The molecule has 0 aliphatic carbocycles. The first-order chi connectivity index (χ1) is 42.3. The smallest absolute Gasteiger partial charge is 0.410 e. The summed E-state index contributed by atoms with van der Waals surface area (Å²) in [7, 11) is 3.29. The first-order valence-electron chi connectivity index (χ1n) is 28.2. The number of pyridine rings is 2. The highest BCUT2D eigenvalue weighted by atomic mass is 16.6. The Hall–Kier alpha value is -10.8. The van der Waals surface area contributed by atoms with Crippen molar-refractivity contribution in [2.75, 3.05) is 61.7 Å². The lowest BCUT2D eigenvalue weighted by atomic mass is 10.2. The van der Waals surface area contributed by atoms with E-state index >= 15 is 0 Å². The summed E-state index contributed by atoms with van der Waals surface area (Å²) in [6.07, 6.45) is 10.7. The molecule has 0 saturated carbocycles. The van der Waals surface area contributed by atoms with Gasteiger partial charge in [-0.1, -0.05) is 24.3 Å². The fourth-order valence-corrected chi connectivity index (χ4v) is 9.78. The van der Waals surface area contributed by atoms with Gasteiger partial charge in [-0.15, -0.1) is 0 Å². The molecule has 24 nitrogen and oxygen atoms in total. The van der Waals surface area contributed by atoms with Gasteiger partial charge >= 0.3 is 6.09 Å². The maximum atomic E-state index is 12.7. The van der Waals surface area contributed by atoms with E-state index < -0.39 is 5.60 Å². The van der Waals surface area contributed by atoms with E-state index in [9.17, 15) is 14.4 Å². The summed E-state index contributed by atoms with van der Waals surface area (Å²) >= 11 is 0. The Morgan fingerprint density at radius 2 is 1.03 bits per heavy atom. The summed E-state index contributed by atoms with van der Waals surface area (Å²) in [6.45, 7) is 9.43. The molecule has 5 N–H and O–H groups in total. The third-order valence-electron chi connectivity index (χ3n) is 14.1. The van der Waals surface area contributed by atoms with Crippen LogP contribution >= 0.6 is 0 Å². The Morgan fingerprint density at radius 3 is 1.46 bits per heavy atom. The molecule has 3 amide bonds. The van der Waals surface area contributed by atoms with Crippen molar-refractivity contribution >= 4 is 63.2 Å². The molecule has 0 radical (unpaired) electrons. The standard InChI is InChI=1S/C34H36N8O5.C29H28N8O3/c1-34(2,3)47-33(44)41-18-15-24(20-41)38-30-29-27(13-17-36-31(29)42(40-30)19-22-5-9-25(45-4)10-6-22)46-26-11-7-23(8-12-26)32(43)39-28-14-16-35-21-37-28;1-39-22-6-2-19(3-7-22)17-37-28-26(27(36-37)34-21-10-13-30-16-21)24(11-15-32-28)40-23-8-4-20(5-9-23)29(38)35-25-12-14-31-18-33-25/h5-14,16-17,21,24H,15,18-20H2,1-4H3,(H,38,40)(H,35,37,39,43);2-9,11-12,14-15,18,21,30H,10,13,16-17H2,1H3,(H,34,36)(H,31,33,35,38)/t24-;21-/m11/s1. The molecule has 4 aromatic carbocycles. The van der Waals surface area contributed by atoms with Crippen LogP contribution in [0.3, 0.4) is 0 Å². The van der Waals surface area contributed by atoms with Gasteiger partial charge in [0.1, 0.15) is 75.2 Å². The summed E-state index contributed by atoms with van der Waals surface area (Å²) in [6, 6.07) is 36.5. The zero-order valence-corrected chi connectivity index (χ0v) is 48.5. The second-order valence-electron chi connectivity index (χ2n) is 21.5. The van der Waals surface area contributed by atoms with Crippen LogP contribution in [-0.2, 0) is 17.8 Å². The SMILES string of the molecule is COc1ccc(Cn2nc(N[C@@H]3CCN(C(=O)OC(C)(C)C)C3)c3c(Oc4ccc(C(=O)Nc5ccncn5)cc4)ccnc32)cc1.COc1ccc(Cn2nc(N[C@@H]3CCNC3)c3c(Oc4ccc(C(=O)Nc5ccncn5)cc4)ccnc32)cc1. The Bertz CT molecular complexity index is 3970. The van der Waals surface area contributed by atoms with Crippen molar-refractivity contribution < 1.29 is 38.1 Å². The van der Waals surface area contributed by atoms with Gasteiger partial charge in [0.25, 0.3) is 11.8 Å². The van der Waals surface area contributed by atoms with E-state index in [-0.39, 0.29) is 30.0 Å². The zero-order chi connectivity index (χ0) is 60.3. The molecule has 2 aliphatic heterocycles. The van der Waals surface area contributed by atoms with Crippen molar-refractivity contribution in [3.63, 3.8) is 0 Å². The molecular weight excluding hydrogens is 1110 g/mol. The highest BCUT2D eigenvalue weighted by Crippen LogP contribution is 2.37. The third-order valence-corrected chi connectivity index (χ3v) is 14.1. The fourth-order valence-electron chi connectivity index (χ4n) is 9.78. The average molecular weight is 1170 g/mol. The second kappa shape index (κ2) is 26.4. The molecule has 2 saturated heterocycles. The number of carbonyl (C=O) groups is 3. The normalized spacial score (nSPS) is 14.6. The number of rotatable bonds is 18. The van der Waals surface area contributed by atoms with Crippen LogP contribution < -0.4 is 45.5 Å². The van der Waals surface area contributed by atoms with Crippen LogP contribution in [0.4, 0.5) is 28.1 Å². The number of nitrogens with one attached hydrogen (secondary N) is 5. The molecule has 8 heterocycles. The Balaban J connectivity index is 0.000000182. The van der Waals surface area contributed by atoms with Crippen molar-refractivity contribution in [2.45, 2.75) is 64.4 Å². The lowest BCUT2D eigenvalue weighted by molar-refractivity contribution is 0.0293. The number of fused-ring (bicyclic) bond motifs is 2. The molecule has 0 unspecified atom stereocenters. The highest BCUT2D eigenvalue weighted by molar-refractivity contribution is 6.04. The lowest BCUT2D eigenvalue weighted by Gasteiger charge is -2.24. The van der Waals surface area contributed by atoms with Crippen LogP contribution in [0.15, 0.2) is 159 Å². The van der Waals surface area contributed by atoms with Gasteiger partial charge in [-0.2, -0.15) is 10.2 Å². The molecule has 87 heavy (non-hydrogen) atoms. The van der Waals surface area contributed by atoms with Crippen LogP contribution in [0.25, 0.3) is 22.1 Å². The summed E-state index contributed by atoms with van der Waals surface area (Å²) in [5, 5.41) is 27.4. The molecule has 10 aromatic rings. The molecule has 0 bridgehead atoms. The fraction of sp³-hybridized carbons (Fsp3) is 0.254. The lowest BCUT2D eigenvalue weighted by Crippen LogP contribution is -2.36. The number of anilines is 4. The molecule has 6 aromatic heterocycles. The van der Waals surface area contributed by atoms with Crippen molar-refractivity contribution in [2.24, 2.45) is 0 Å². The molecule has 12 rings (SSSR count). The molecular formula is C63H64N16O8. The van der Waals surface area contributed by atoms with Crippen LogP contribution in [0.5, 0.6) is 34.5 Å². The third kappa shape index (κ3) is 14.6. The largest absolute Gasteiger partial charge is 0.497 e. The number of nitrogens with zero attached hydrogens (tertiary/aromatic N) is 11. The van der Waals surface area contributed by atoms with Gasteiger partial charge < -0.3 is 55.2 Å². The van der Waals surface area contributed by atoms with Gasteiger partial charge in [0.15, 0.2) is 22.9 Å². The predicted molar refractivity (Wildman–Crippen MR) is 327 cm³/mol. The van der Waals surface area contributed by atoms with Crippen molar-refractivity contribution in [1.82, 2.24) is 59.7 Å². The average Bonchev–Trinajstić information content (AvgIpc) is 2.90. The number of ether oxygens (including phenoxy) is 5. The Kier molecular flexibility index (Phi) is 17.6. The van der Waals surface area contributed by atoms with Crippen LogP contribution in [-0.4, -0.2) is 130 Å². The molecule has 2 atom stereocenters. The number of benzene rings is 4. The van der Waals surface area contributed by atoms with E-state index in [1.54, 1.807) is 111 Å². The molecule has 2 fully saturated rings. The van der Waals surface area contributed by atoms with E-state index in [2.05, 4.69) is 56.5 Å². The number of amides is 3. The van der Waals surface area contributed by atoms with Crippen LogP contribution in [0.1, 0.15) is 65.5 Å². The van der Waals surface area contributed by atoms with Gasteiger partial charge in [0.2, 0.25) is 0 Å². The first-order valence-corrected chi connectivity index (χ1v) is 28.2. The van der Waals surface area contributed by atoms with Gasteiger partial charge in [0, 0.05) is 79.8 Å². The Labute approximate surface area is 500 Å². The number of methoxy groups -OCH3 is 2. The van der Waals surface area contributed by atoms with E-state index in [4.69, 9.17) is 33.9 Å². The maximum Gasteiger partial charge on any atom is 0.410 e. The highest BCUT2D eigenvalue weighted by Gasteiger charge is 2.32. The number of likely N-dealkylation sites (tertiary alicyclic amines) is 1. The van der Waals surface area contributed by atoms with E-state index in [1.807, 2.05) is 84.7 Å². The quantitative estimate of drug-likeness (QED) is 0.0534. The predicted octanol–water partition coefficient (Wildman–Crippen LogP) is 9.84. The second-order valence-corrected chi connectivity index (χ2v) is 21.5. The van der Waals surface area contributed by atoms with Crippen molar-refractivity contribution in [3.05, 3.63) is 181 Å². The van der Waals surface area contributed by atoms with E-state index in [1.165, 1.54) is 12.7 Å². The Morgan fingerprint density at radius 1 is 0.563 bits per heavy atom. The number of hydrogen-bond donors (Lipinski definition) is 5. The molecule has 444 valence electrons. The topological polar surface area (TPSA) is 274 Å². The summed E-state index contributed by atoms with van der Waals surface area (Å²) in [5.41, 5.74) is 3.78. The van der Waals surface area contributed by atoms with Crippen molar-refractivity contribution in [1.29, 1.82) is 0 Å². The van der Waals surface area contributed by atoms with Gasteiger partial charge in [0.05, 0.1) is 27.3 Å². The number of aromatic nitrogens is 10. The summed E-state index contributed by atoms with van der Waals surface area (Å²) in [5.74, 6) is 5.43. The molecule has 0 spiro atoms. The summed E-state index contributed by atoms with van der Waals surface area (Å²) in [4.78, 5) is 64.9. The minimum atomic E-state index is -0.574. The molecule has 24 heteroatoms. The monoisotopic (exact) mass is 1170 g/mol. The van der Waals surface area contributed by atoms with E-state index in [0.29, 0.717) is 94.4 Å². The van der Waals surface area contributed by atoms with Crippen LogP contribution in [0.2, 0.25) is 0 Å². The molecule has 2 aliphatic rings. The van der Waals surface area contributed by atoms with Crippen LogP contribution in [0, 0.1) is 0 Å². The first kappa shape index (κ1) is 58.0. The number of carbonyl (C=O) groups excluding carboxylic acids is 3. The minimum absolute atomic E-state index is 0.0595. The van der Waals surface area contributed by atoms with Gasteiger partial charge in [-0.3, -0.25) is 9.59 Å². The maximum absolute atomic E-state index is 12.7. The van der Waals surface area contributed by atoms with Crippen molar-refractivity contribution in [3.8, 4) is 34.5 Å². The van der Waals surface area contributed by atoms with E-state index in [0.717, 1.165) is 59.8 Å². The van der Waals surface area contributed by atoms with Gasteiger partial charge in [-0.05, 0) is 136 Å². The summed E-state index contributed by atoms with van der Waals surface area (Å²) < 4.78 is 32.6. The minimum Gasteiger partial charge on any atom is -0.497 e. The number of hydrogen-bond acceptors (Lipinski definition) is 19. The zero-order valence-electron chi connectivity index (χ0n) is 48.5.